The summed E-state index contributed by atoms with van der Waals surface area (Å²) >= 11 is 0. The highest BCUT2D eigenvalue weighted by molar-refractivity contribution is 6.05. The van der Waals surface area contributed by atoms with Crippen LogP contribution < -0.4 is 10.2 Å². The van der Waals surface area contributed by atoms with Crippen molar-refractivity contribution in [2.75, 3.05) is 4.90 Å². The van der Waals surface area contributed by atoms with Crippen molar-refractivity contribution in [2.24, 2.45) is 0 Å². The van der Waals surface area contributed by atoms with Crippen LogP contribution in [-0.2, 0) is 11.2 Å². The Morgan fingerprint density at radius 2 is 2.17 bits per heavy atom. The minimum atomic E-state index is -4.67. The molecule has 0 unspecified atom stereocenters. The van der Waals surface area contributed by atoms with Gasteiger partial charge < -0.3 is 5.32 Å². The Bertz CT molecular complexity index is 731. The molecule has 23 heavy (non-hydrogen) atoms. The van der Waals surface area contributed by atoms with Crippen molar-refractivity contribution in [3.8, 4) is 6.07 Å². The number of halogens is 3. The van der Waals surface area contributed by atoms with Gasteiger partial charge in [-0.25, -0.2) is 4.98 Å². The SMILES string of the molecule is C=C1NC(C(F)(F)F)=CC(=O)N1c1cnc(C#N)c(CCC)c1. The maximum atomic E-state index is 12.7. The number of pyridine rings is 1. The normalized spacial score (nSPS) is 15.1. The maximum Gasteiger partial charge on any atom is 0.431 e. The highest BCUT2D eigenvalue weighted by atomic mass is 19.4. The van der Waals surface area contributed by atoms with E-state index in [-0.39, 0.29) is 17.2 Å². The fraction of sp³-hybridized carbons (Fsp3) is 0.267. The van der Waals surface area contributed by atoms with E-state index in [2.05, 4.69) is 16.9 Å². The molecule has 5 nitrogen and oxygen atoms in total. The van der Waals surface area contributed by atoms with Gasteiger partial charge in [0.15, 0.2) is 0 Å². The summed E-state index contributed by atoms with van der Waals surface area (Å²) < 4.78 is 38.1. The summed E-state index contributed by atoms with van der Waals surface area (Å²) in [6.07, 6.45) is -1.62. The van der Waals surface area contributed by atoms with Gasteiger partial charge in [0.25, 0.3) is 5.91 Å². The van der Waals surface area contributed by atoms with Crippen molar-refractivity contribution in [1.29, 1.82) is 5.26 Å². The van der Waals surface area contributed by atoms with E-state index in [0.717, 1.165) is 11.3 Å². The van der Waals surface area contributed by atoms with E-state index in [1.54, 1.807) is 6.07 Å². The van der Waals surface area contributed by atoms with Gasteiger partial charge in [-0.1, -0.05) is 19.9 Å². The van der Waals surface area contributed by atoms with Gasteiger partial charge in [0, 0.05) is 6.08 Å². The Hall–Kier alpha value is -2.82. The molecule has 1 amide bonds. The number of hydrogen-bond donors (Lipinski definition) is 1. The predicted molar refractivity (Wildman–Crippen MR) is 76.8 cm³/mol. The third-order valence-corrected chi connectivity index (χ3v) is 3.18. The van der Waals surface area contributed by atoms with Gasteiger partial charge in [-0.2, -0.15) is 18.4 Å². The predicted octanol–water partition coefficient (Wildman–Crippen LogP) is 2.76. The molecule has 0 radical (unpaired) electrons. The lowest BCUT2D eigenvalue weighted by Crippen LogP contribution is -2.43. The number of hydrogen-bond acceptors (Lipinski definition) is 4. The van der Waals surface area contributed by atoms with Crippen LogP contribution in [0.1, 0.15) is 24.6 Å². The van der Waals surface area contributed by atoms with E-state index in [0.29, 0.717) is 18.1 Å². The molecule has 1 aliphatic rings. The minimum absolute atomic E-state index is 0.223. The van der Waals surface area contributed by atoms with Gasteiger partial charge in [-0.05, 0) is 18.1 Å². The van der Waals surface area contributed by atoms with Crippen molar-refractivity contribution >= 4 is 11.6 Å². The largest absolute Gasteiger partial charge is 0.431 e. The van der Waals surface area contributed by atoms with Crippen molar-refractivity contribution in [3.63, 3.8) is 0 Å². The van der Waals surface area contributed by atoms with Crippen LogP contribution in [0.5, 0.6) is 0 Å². The summed E-state index contributed by atoms with van der Waals surface area (Å²) in [6, 6.07) is 3.51. The van der Waals surface area contributed by atoms with Gasteiger partial charge in [0.05, 0.1) is 11.9 Å². The number of anilines is 1. The molecular weight excluding hydrogens is 309 g/mol. The molecule has 0 bridgehead atoms. The minimum Gasteiger partial charge on any atom is -0.338 e. The Kier molecular flexibility index (Phi) is 4.40. The van der Waals surface area contributed by atoms with Crippen LogP contribution >= 0.6 is 0 Å². The summed E-state index contributed by atoms with van der Waals surface area (Å²) in [4.78, 5) is 17.0. The zero-order valence-corrected chi connectivity index (χ0v) is 12.2. The number of rotatable bonds is 3. The summed E-state index contributed by atoms with van der Waals surface area (Å²) in [6.45, 7) is 5.38. The highest BCUT2D eigenvalue weighted by Gasteiger charge is 2.39. The molecule has 1 aliphatic heterocycles. The second-order valence-electron chi connectivity index (χ2n) is 4.86. The van der Waals surface area contributed by atoms with Crippen LogP contribution in [0.3, 0.4) is 0 Å². The Balaban J connectivity index is 2.42. The summed E-state index contributed by atoms with van der Waals surface area (Å²) in [5.41, 5.74) is -0.0598. The fourth-order valence-electron chi connectivity index (χ4n) is 2.18. The number of carbonyl (C=O) groups is 1. The first-order chi connectivity index (χ1) is 10.8. The Labute approximate surface area is 130 Å². The van der Waals surface area contributed by atoms with E-state index in [4.69, 9.17) is 5.26 Å². The number of allylic oxidation sites excluding steroid dienone is 1. The third-order valence-electron chi connectivity index (χ3n) is 3.18. The van der Waals surface area contributed by atoms with Crippen molar-refractivity contribution < 1.29 is 18.0 Å². The summed E-state index contributed by atoms with van der Waals surface area (Å²) in [7, 11) is 0. The van der Waals surface area contributed by atoms with E-state index in [9.17, 15) is 18.0 Å². The van der Waals surface area contributed by atoms with Gasteiger partial charge in [0.1, 0.15) is 23.3 Å². The highest BCUT2D eigenvalue weighted by Crippen LogP contribution is 2.30. The standard InChI is InChI=1S/C15H13F3N4O/c1-3-4-10-5-11(8-20-12(10)7-19)22-9(2)21-13(6-14(22)23)15(16,17)18/h5-6,8,21H,2-4H2,1H3. The van der Waals surface area contributed by atoms with Gasteiger partial charge in [0.2, 0.25) is 0 Å². The quantitative estimate of drug-likeness (QED) is 0.929. The topological polar surface area (TPSA) is 69.0 Å². The lowest BCUT2D eigenvalue weighted by Gasteiger charge is -2.30. The van der Waals surface area contributed by atoms with Crippen molar-refractivity contribution in [1.82, 2.24) is 10.3 Å². The van der Waals surface area contributed by atoms with Gasteiger partial charge in [-0.3, -0.25) is 9.69 Å². The number of aryl methyl sites for hydroxylation is 1. The maximum absolute atomic E-state index is 12.7. The smallest absolute Gasteiger partial charge is 0.338 e. The molecule has 0 saturated heterocycles. The second-order valence-corrected chi connectivity index (χ2v) is 4.86. The number of amides is 1. The second kappa shape index (κ2) is 6.12. The number of nitrogens with zero attached hydrogens (tertiary/aromatic N) is 3. The van der Waals surface area contributed by atoms with E-state index < -0.39 is 17.8 Å². The molecule has 0 fully saturated rings. The van der Waals surface area contributed by atoms with Crippen LogP contribution in [0.4, 0.5) is 18.9 Å². The summed E-state index contributed by atoms with van der Waals surface area (Å²) in [5, 5.41) is 11.1. The monoisotopic (exact) mass is 322 g/mol. The first-order valence-electron chi connectivity index (χ1n) is 6.75. The molecule has 1 aromatic rings. The number of alkyl halides is 3. The zero-order valence-electron chi connectivity index (χ0n) is 12.2. The average Bonchev–Trinajstić information content (AvgIpc) is 2.46. The zero-order chi connectivity index (χ0) is 17.2. The van der Waals surface area contributed by atoms with Crippen molar-refractivity contribution in [3.05, 3.63) is 47.7 Å². The average molecular weight is 322 g/mol. The lowest BCUT2D eigenvalue weighted by molar-refractivity contribution is -0.117. The van der Waals surface area contributed by atoms with Gasteiger partial charge in [-0.15, -0.1) is 0 Å². The molecule has 120 valence electrons. The Morgan fingerprint density at radius 1 is 1.48 bits per heavy atom. The van der Waals surface area contributed by atoms with Crippen molar-refractivity contribution in [2.45, 2.75) is 25.9 Å². The van der Waals surface area contributed by atoms with Gasteiger partial charge >= 0.3 is 6.18 Å². The van der Waals surface area contributed by atoms with Crippen LogP contribution in [0.2, 0.25) is 0 Å². The number of carbonyl (C=O) groups excluding carboxylic acids is 1. The molecule has 1 aromatic heterocycles. The number of nitriles is 1. The van der Waals surface area contributed by atoms with Crippen LogP contribution in [0, 0.1) is 11.3 Å². The molecule has 0 aromatic carbocycles. The molecule has 2 heterocycles. The first kappa shape index (κ1) is 16.5. The summed E-state index contributed by atoms with van der Waals surface area (Å²) in [5.74, 6) is -1.10. The number of nitrogens with one attached hydrogen (secondary N) is 1. The molecule has 0 saturated carbocycles. The molecule has 0 aliphatic carbocycles. The fourth-order valence-corrected chi connectivity index (χ4v) is 2.18. The molecule has 0 atom stereocenters. The molecule has 8 heteroatoms. The lowest BCUT2D eigenvalue weighted by atomic mass is 10.1. The van der Waals surface area contributed by atoms with Crippen LogP contribution in [0.25, 0.3) is 0 Å². The van der Waals surface area contributed by atoms with E-state index >= 15 is 0 Å². The van der Waals surface area contributed by atoms with E-state index in [1.807, 2.05) is 13.0 Å². The molecular formula is C15H13F3N4O. The number of aromatic nitrogens is 1. The van der Waals surface area contributed by atoms with E-state index in [1.165, 1.54) is 6.20 Å². The molecule has 0 spiro atoms. The molecule has 1 N–H and O–H groups in total. The van der Waals surface area contributed by atoms with Crippen LogP contribution in [-0.4, -0.2) is 17.1 Å². The van der Waals surface area contributed by atoms with Crippen LogP contribution in [0.15, 0.2) is 36.4 Å². The third kappa shape index (κ3) is 3.34. The first-order valence-corrected chi connectivity index (χ1v) is 6.75. The molecule has 2 rings (SSSR count). The Morgan fingerprint density at radius 3 is 2.70 bits per heavy atom.